The minimum atomic E-state index is 0.0654. The molecule has 0 aliphatic heterocycles. The average Bonchev–Trinajstić information content (AvgIpc) is 1.88. The number of quaternary nitrogens is 1. The molecule has 0 fully saturated rings. The zero-order chi connectivity index (χ0) is 7.56. The second-order valence-corrected chi connectivity index (χ2v) is 2.21. The fourth-order valence-electron chi connectivity index (χ4n) is 0.437. The van der Waals surface area contributed by atoms with Gasteiger partial charge in [-0.25, -0.2) is 10.2 Å². The van der Waals surface area contributed by atoms with Gasteiger partial charge in [-0.05, 0) is 11.6 Å². The topological polar surface area (TPSA) is 62.6 Å². The minimum absolute atomic E-state index is 0.0654. The maximum atomic E-state index is 8.48. The van der Waals surface area contributed by atoms with Crippen molar-refractivity contribution in [3.63, 3.8) is 0 Å². The van der Waals surface area contributed by atoms with Gasteiger partial charge in [0.1, 0.15) is 0 Å². The maximum absolute atomic E-state index is 8.48. The summed E-state index contributed by atoms with van der Waals surface area (Å²) < 4.78 is 0. The van der Waals surface area contributed by atoms with Crippen LogP contribution in [0.25, 0.3) is 0 Å². The van der Waals surface area contributed by atoms with Gasteiger partial charge in [-0.15, -0.1) is 0 Å². The Morgan fingerprint density at radius 3 is 2.70 bits per heavy atom. The lowest BCUT2D eigenvalue weighted by molar-refractivity contribution is -0.825. The smallest absolute Gasteiger partial charge is 0.220 e. The Hall–Kier alpha value is -0.420. The molecule has 1 aromatic heterocycles. The Morgan fingerprint density at radius 1 is 1.50 bits per heavy atom. The minimum Gasteiger partial charge on any atom is -0.220 e. The second-order valence-electron chi connectivity index (χ2n) is 1.51. The van der Waals surface area contributed by atoms with Gasteiger partial charge in [0.05, 0.1) is 6.20 Å². The van der Waals surface area contributed by atoms with Gasteiger partial charge >= 0.3 is 0 Å². The van der Waals surface area contributed by atoms with E-state index in [4.69, 9.17) is 28.4 Å². The van der Waals surface area contributed by atoms with E-state index in [0.717, 1.165) is 5.48 Å². The fourth-order valence-corrected chi connectivity index (χ4v) is 0.791. The summed E-state index contributed by atoms with van der Waals surface area (Å²) in [6.07, 6.45) is 1.33. The summed E-state index contributed by atoms with van der Waals surface area (Å²) in [7, 11) is 0. The Morgan fingerprint density at radius 2 is 2.20 bits per heavy atom. The van der Waals surface area contributed by atoms with Crippen LogP contribution < -0.4 is 5.48 Å². The van der Waals surface area contributed by atoms with E-state index < -0.39 is 0 Å². The van der Waals surface area contributed by atoms with Crippen molar-refractivity contribution in [2.75, 3.05) is 0 Å². The predicted octanol–water partition coefficient (Wildman–Crippen LogP) is 0.367. The number of hydrogen-bond acceptors (Lipinski definition) is 3. The van der Waals surface area contributed by atoms with E-state index in [9.17, 15) is 0 Å². The molecule has 0 spiro atoms. The van der Waals surface area contributed by atoms with Gasteiger partial charge < -0.3 is 0 Å². The normalized spacial score (nSPS) is 9.90. The molecule has 0 aliphatic rings. The lowest BCUT2D eigenvalue weighted by Gasteiger charge is -1.93. The molecule has 1 aromatic rings. The molecule has 0 unspecified atom stereocenters. The molecule has 0 aliphatic carbocycles. The molecular formula is C4H4Cl2N3O+. The van der Waals surface area contributed by atoms with E-state index in [-0.39, 0.29) is 10.4 Å². The Kier molecular flexibility index (Phi) is 2.39. The molecule has 1 heterocycles. The lowest BCUT2D eigenvalue weighted by Crippen LogP contribution is -2.74. The Bertz CT molecular complexity index is 242. The zero-order valence-electron chi connectivity index (χ0n) is 4.75. The van der Waals surface area contributed by atoms with Gasteiger partial charge in [-0.1, -0.05) is 11.6 Å². The van der Waals surface area contributed by atoms with Crippen molar-refractivity contribution < 1.29 is 10.7 Å². The van der Waals surface area contributed by atoms with Crippen LogP contribution in [0.3, 0.4) is 0 Å². The second kappa shape index (κ2) is 3.12. The summed E-state index contributed by atoms with van der Waals surface area (Å²) in [6.45, 7) is 0. The van der Waals surface area contributed by atoms with Crippen LogP contribution in [0, 0.1) is 0 Å². The highest BCUT2D eigenvalue weighted by molar-refractivity contribution is 6.33. The molecule has 54 valence electrons. The van der Waals surface area contributed by atoms with E-state index >= 15 is 0 Å². The summed E-state index contributed by atoms with van der Waals surface area (Å²) in [4.78, 5) is 7.16. The lowest BCUT2D eigenvalue weighted by atomic mass is 10.6. The highest BCUT2D eigenvalue weighted by Gasteiger charge is 2.05. The van der Waals surface area contributed by atoms with Crippen LogP contribution in [0.4, 0.5) is 5.69 Å². The van der Waals surface area contributed by atoms with E-state index in [1.165, 1.54) is 6.20 Å². The quantitative estimate of drug-likeness (QED) is 0.373. The van der Waals surface area contributed by atoms with Crippen molar-refractivity contribution in [3.8, 4) is 0 Å². The van der Waals surface area contributed by atoms with Crippen molar-refractivity contribution in [1.29, 1.82) is 0 Å². The SMILES string of the molecule is O[NH2+]c1cnc(Cl)nc1Cl. The third-order valence-corrected chi connectivity index (χ3v) is 1.36. The number of hydrogen-bond donors (Lipinski definition) is 2. The van der Waals surface area contributed by atoms with Crippen LogP contribution in [-0.2, 0) is 0 Å². The van der Waals surface area contributed by atoms with Crippen LogP contribution in [0.2, 0.25) is 10.4 Å². The molecule has 4 nitrogen and oxygen atoms in total. The van der Waals surface area contributed by atoms with Gasteiger partial charge in [0.2, 0.25) is 11.0 Å². The number of nitrogens with zero attached hydrogens (tertiary/aromatic N) is 2. The molecule has 0 saturated heterocycles. The van der Waals surface area contributed by atoms with Crippen LogP contribution >= 0.6 is 23.2 Å². The van der Waals surface area contributed by atoms with Crippen LogP contribution in [-0.4, -0.2) is 15.2 Å². The van der Waals surface area contributed by atoms with Gasteiger partial charge in [-0.3, -0.25) is 0 Å². The Labute approximate surface area is 66.8 Å². The van der Waals surface area contributed by atoms with E-state index in [1.807, 2.05) is 0 Å². The summed E-state index contributed by atoms with van der Waals surface area (Å²) in [6, 6.07) is 0. The number of nitrogens with two attached hydrogens (primary N) is 1. The van der Waals surface area contributed by atoms with Crippen molar-refractivity contribution in [2.45, 2.75) is 0 Å². The highest BCUT2D eigenvalue weighted by atomic mass is 35.5. The number of halogens is 2. The number of aromatic nitrogens is 2. The van der Waals surface area contributed by atoms with Gasteiger partial charge in [-0.2, -0.15) is 10.5 Å². The third kappa shape index (κ3) is 1.54. The summed E-state index contributed by atoms with van der Waals surface area (Å²) >= 11 is 10.9. The maximum Gasteiger partial charge on any atom is 0.224 e. The first kappa shape index (κ1) is 7.68. The molecule has 1 rings (SSSR count). The molecule has 6 heteroatoms. The van der Waals surface area contributed by atoms with Crippen molar-refractivity contribution in [2.24, 2.45) is 0 Å². The molecular weight excluding hydrogens is 177 g/mol. The van der Waals surface area contributed by atoms with E-state index in [1.54, 1.807) is 0 Å². The van der Waals surface area contributed by atoms with Crippen LogP contribution in [0.15, 0.2) is 6.20 Å². The Balaban J connectivity index is 3.07. The monoisotopic (exact) mass is 180 g/mol. The van der Waals surface area contributed by atoms with E-state index in [0.29, 0.717) is 5.69 Å². The molecule has 0 amide bonds. The molecule has 0 bridgehead atoms. The third-order valence-electron chi connectivity index (χ3n) is 0.878. The van der Waals surface area contributed by atoms with E-state index in [2.05, 4.69) is 9.97 Å². The van der Waals surface area contributed by atoms with Crippen molar-refractivity contribution in [3.05, 3.63) is 16.6 Å². The molecule has 0 radical (unpaired) electrons. The van der Waals surface area contributed by atoms with Crippen LogP contribution in [0.5, 0.6) is 0 Å². The standard InChI is InChI=1S/C4H3Cl2N3O/c5-3-2(9-10)1-7-4(6)8-3/h1,9-10H/p+1. The molecule has 0 aromatic carbocycles. The van der Waals surface area contributed by atoms with Crippen LogP contribution in [0.1, 0.15) is 0 Å². The molecule has 0 saturated carbocycles. The van der Waals surface area contributed by atoms with Gasteiger partial charge in [0, 0.05) is 0 Å². The largest absolute Gasteiger partial charge is 0.224 e. The molecule has 10 heavy (non-hydrogen) atoms. The van der Waals surface area contributed by atoms with Gasteiger partial charge in [0.15, 0.2) is 5.15 Å². The first-order chi connectivity index (χ1) is 4.74. The first-order valence-corrected chi connectivity index (χ1v) is 3.15. The van der Waals surface area contributed by atoms with Gasteiger partial charge in [0.25, 0.3) is 0 Å². The fraction of sp³-hybridized carbons (Fsp3) is 0. The zero-order valence-corrected chi connectivity index (χ0v) is 6.26. The predicted molar refractivity (Wildman–Crippen MR) is 35.4 cm³/mol. The highest BCUT2D eigenvalue weighted by Crippen LogP contribution is 2.13. The van der Waals surface area contributed by atoms with Crippen molar-refractivity contribution >= 4 is 28.9 Å². The molecule has 0 atom stereocenters. The molecule has 3 N–H and O–H groups in total. The number of rotatable bonds is 1. The summed E-state index contributed by atoms with van der Waals surface area (Å²) in [5, 5.41) is 8.68. The summed E-state index contributed by atoms with van der Waals surface area (Å²) in [5.41, 5.74) is 1.17. The summed E-state index contributed by atoms with van der Waals surface area (Å²) in [5.74, 6) is 0. The first-order valence-electron chi connectivity index (χ1n) is 2.39. The average molecular weight is 181 g/mol. The van der Waals surface area contributed by atoms with Crippen molar-refractivity contribution in [1.82, 2.24) is 9.97 Å².